The van der Waals surface area contributed by atoms with E-state index in [0.717, 1.165) is 31.9 Å². The minimum atomic E-state index is -4.70. The largest absolute Gasteiger partial charge is 0.573 e. The first-order chi connectivity index (χ1) is 14.9. The zero-order valence-corrected chi connectivity index (χ0v) is 17.7. The van der Waals surface area contributed by atoms with Gasteiger partial charge in [0.15, 0.2) is 5.96 Å². The summed E-state index contributed by atoms with van der Waals surface area (Å²) in [7, 11) is 0. The molecule has 1 saturated carbocycles. The van der Waals surface area contributed by atoms with Gasteiger partial charge in [-0.2, -0.15) is 0 Å². The van der Waals surface area contributed by atoms with Crippen LogP contribution in [0.3, 0.4) is 0 Å². The first-order valence-corrected chi connectivity index (χ1v) is 10.7. The SMILES string of the molecule is CCN=C(NC1CC1c1ccccc1OC(F)(F)F)N1CCC(C)C(n2ccnc2)C1. The Morgan fingerprint density at radius 2 is 2.13 bits per heavy atom. The number of aromatic nitrogens is 2. The van der Waals surface area contributed by atoms with Crippen molar-refractivity contribution in [1.82, 2.24) is 19.8 Å². The fourth-order valence-electron chi connectivity index (χ4n) is 4.35. The number of ether oxygens (including phenoxy) is 1. The number of rotatable bonds is 5. The van der Waals surface area contributed by atoms with Crippen LogP contribution >= 0.6 is 0 Å². The molecule has 0 spiro atoms. The predicted octanol–water partition coefficient (Wildman–Crippen LogP) is 4.19. The Labute approximate surface area is 180 Å². The Morgan fingerprint density at radius 1 is 1.32 bits per heavy atom. The molecule has 1 aliphatic heterocycles. The van der Waals surface area contributed by atoms with Crippen molar-refractivity contribution in [3.05, 3.63) is 48.5 Å². The van der Waals surface area contributed by atoms with Crippen LogP contribution in [0.25, 0.3) is 0 Å². The number of aliphatic imine (C=N–C) groups is 1. The van der Waals surface area contributed by atoms with Crippen molar-refractivity contribution in [3.8, 4) is 5.75 Å². The van der Waals surface area contributed by atoms with Gasteiger partial charge in [-0.1, -0.05) is 25.1 Å². The van der Waals surface area contributed by atoms with Crippen molar-refractivity contribution >= 4 is 5.96 Å². The average Bonchev–Trinajstić information content (AvgIpc) is 3.26. The van der Waals surface area contributed by atoms with E-state index < -0.39 is 6.36 Å². The predicted molar refractivity (Wildman–Crippen MR) is 112 cm³/mol. The number of imidazole rings is 1. The number of nitrogens with one attached hydrogen (secondary N) is 1. The lowest BCUT2D eigenvalue weighted by Crippen LogP contribution is -2.49. The van der Waals surface area contributed by atoms with Crippen molar-refractivity contribution in [2.45, 2.75) is 51.1 Å². The third-order valence-electron chi connectivity index (χ3n) is 6.08. The Hall–Kier alpha value is -2.71. The molecule has 9 heteroatoms. The van der Waals surface area contributed by atoms with Crippen LogP contribution in [0.15, 0.2) is 48.0 Å². The van der Waals surface area contributed by atoms with Crippen LogP contribution in [-0.4, -0.2) is 52.4 Å². The van der Waals surface area contributed by atoms with E-state index in [4.69, 9.17) is 0 Å². The first kappa shape index (κ1) is 21.5. The standard InChI is InChI=1S/C22H28F3N5O/c1-3-27-21(29-10-8-15(2)19(13-29)30-11-9-26-14-30)28-18-12-17(18)16-6-4-5-7-20(16)31-22(23,24)25/h4-7,9,11,14-15,17-19H,3,8,10,12-13H2,1-2H3,(H,27,28). The Bertz CT molecular complexity index is 899. The highest BCUT2D eigenvalue weighted by Crippen LogP contribution is 2.45. The zero-order valence-electron chi connectivity index (χ0n) is 17.7. The number of benzene rings is 1. The second-order valence-electron chi connectivity index (χ2n) is 8.27. The third kappa shape index (κ3) is 5.14. The quantitative estimate of drug-likeness (QED) is 0.565. The van der Waals surface area contributed by atoms with Gasteiger partial charge in [0.2, 0.25) is 0 Å². The molecule has 4 unspecified atom stereocenters. The van der Waals surface area contributed by atoms with Crippen LogP contribution in [0.1, 0.15) is 44.2 Å². The summed E-state index contributed by atoms with van der Waals surface area (Å²) in [5.41, 5.74) is 0.580. The molecule has 1 aliphatic carbocycles. The molecular weight excluding hydrogens is 407 g/mol. The van der Waals surface area contributed by atoms with Crippen molar-refractivity contribution in [2.24, 2.45) is 10.9 Å². The normalized spacial score (nSPS) is 26.6. The highest BCUT2D eigenvalue weighted by Gasteiger charge is 2.43. The van der Waals surface area contributed by atoms with Gasteiger partial charge in [-0.15, -0.1) is 13.2 Å². The molecule has 6 nitrogen and oxygen atoms in total. The Morgan fingerprint density at radius 3 is 2.84 bits per heavy atom. The summed E-state index contributed by atoms with van der Waals surface area (Å²) in [5.74, 6) is 1.19. The van der Waals surface area contributed by atoms with Crippen LogP contribution in [0, 0.1) is 5.92 Å². The zero-order chi connectivity index (χ0) is 22.0. The van der Waals surface area contributed by atoms with Gasteiger partial charge in [-0.05, 0) is 37.3 Å². The summed E-state index contributed by atoms with van der Waals surface area (Å²) in [6, 6.07) is 6.73. The molecule has 2 aliphatic rings. The van der Waals surface area contributed by atoms with Gasteiger partial charge < -0.3 is 19.5 Å². The molecular formula is C22H28F3N5O. The molecule has 2 aromatic rings. The first-order valence-electron chi connectivity index (χ1n) is 10.7. The van der Waals surface area contributed by atoms with Crippen LogP contribution in [0.4, 0.5) is 13.2 Å². The number of hydrogen-bond acceptors (Lipinski definition) is 3. The smallest absolute Gasteiger partial charge is 0.405 e. The second-order valence-corrected chi connectivity index (χ2v) is 8.27. The van der Waals surface area contributed by atoms with Crippen molar-refractivity contribution in [2.75, 3.05) is 19.6 Å². The van der Waals surface area contributed by atoms with Crippen LogP contribution < -0.4 is 10.1 Å². The fourth-order valence-corrected chi connectivity index (χ4v) is 4.35. The number of alkyl halides is 3. The summed E-state index contributed by atoms with van der Waals surface area (Å²) < 4.78 is 44.7. The second kappa shape index (κ2) is 8.80. The highest BCUT2D eigenvalue weighted by atomic mass is 19.4. The maximum atomic E-state index is 12.8. The molecule has 168 valence electrons. The molecule has 4 rings (SSSR count). The van der Waals surface area contributed by atoms with Crippen LogP contribution in [0.5, 0.6) is 5.75 Å². The van der Waals surface area contributed by atoms with Gasteiger partial charge in [-0.25, -0.2) is 4.98 Å². The molecule has 31 heavy (non-hydrogen) atoms. The number of likely N-dealkylation sites (tertiary alicyclic amines) is 1. The minimum absolute atomic E-state index is 0.0336. The van der Waals surface area contributed by atoms with Gasteiger partial charge in [0.1, 0.15) is 5.75 Å². The number of hydrogen-bond donors (Lipinski definition) is 1. The third-order valence-corrected chi connectivity index (χ3v) is 6.08. The number of guanidine groups is 1. The highest BCUT2D eigenvalue weighted by molar-refractivity contribution is 5.81. The van der Waals surface area contributed by atoms with E-state index in [1.807, 2.05) is 19.4 Å². The van der Waals surface area contributed by atoms with E-state index in [1.165, 1.54) is 6.07 Å². The average molecular weight is 435 g/mol. The van der Waals surface area contributed by atoms with Gasteiger partial charge in [0.25, 0.3) is 0 Å². The van der Waals surface area contributed by atoms with Gasteiger partial charge in [-0.3, -0.25) is 4.99 Å². The summed E-state index contributed by atoms with van der Waals surface area (Å²) in [6.07, 6.45) is 2.71. The Balaban J connectivity index is 1.44. The molecule has 2 fully saturated rings. The number of nitrogens with zero attached hydrogens (tertiary/aromatic N) is 4. The summed E-state index contributed by atoms with van der Waals surface area (Å²) >= 11 is 0. The number of halogens is 3. The van der Waals surface area contributed by atoms with Gasteiger partial charge in [0, 0.05) is 44.0 Å². The van der Waals surface area contributed by atoms with Crippen LogP contribution in [-0.2, 0) is 0 Å². The lowest BCUT2D eigenvalue weighted by atomic mass is 9.93. The molecule has 2 heterocycles. The molecule has 0 bridgehead atoms. The van der Waals surface area contributed by atoms with Crippen molar-refractivity contribution < 1.29 is 17.9 Å². The minimum Gasteiger partial charge on any atom is -0.405 e. The topological polar surface area (TPSA) is 54.7 Å². The van der Waals surface area contributed by atoms with E-state index in [9.17, 15) is 13.2 Å². The Kier molecular flexibility index (Phi) is 6.11. The van der Waals surface area contributed by atoms with E-state index in [1.54, 1.807) is 24.4 Å². The fraction of sp³-hybridized carbons (Fsp3) is 0.545. The molecule has 4 atom stereocenters. The number of piperidine rings is 1. The van der Waals surface area contributed by atoms with Gasteiger partial charge in [0.05, 0.1) is 12.4 Å². The van der Waals surface area contributed by atoms with Crippen molar-refractivity contribution in [3.63, 3.8) is 0 Å². The van der Waals surface area contributed by atoms with E-state index in [0.29, 0.717) is 24.1 Å². The van der Waals surface area contributed by atoms with E-state index in [-0.39, 0.29) is 17.7 Å². The maximum absolute atomic E-state index is 12.8. The number of para-hydroxylation sites is 1. The molecule has 1 N–H and O–H groups in total. The molecule has 0 amide bonds. The molecule has 1 aromatic carbocycles. The van der Waals surface area contributed by atoms with Crippen LogP contribution in [0.2, 0.25) is 0 Å². The lowest BCUT2D eigenvalue weighted by molar-refractivity contribution is -0.274. The lowest BCUT2D eigenvalue weighted by Gasteiger charge is -2.39. The van der Waals surface area contributed by atoms with E-state index >= 15 is 0 Å². The van der Waals surface area contributed by atoms with Gasteiger partial charge >= 0.3 is 6.36 Å². The summed E-state index contributed by atoms with van der Waals surface area (Å²) in [6.45, 7) is 6.58. The van der Waals surface area contributed by atoms with E-state index in [2.05, 4.69) is 36.4 Å². The maximum Gasteiger partial charge on any atom is 0.573 e. The summed E-state index contributed by atoms with van der Waals surface area (Å²) in [4.78, 5) is 11.1. The van der Waals surface area contributed by atoms with Crippen molar-refractivity contribution in [1.29, 1.82) is 0 Å². The summed E-state index contributed by atoms with van der Waals surface area (Å²) in [5, 5.41) is 3.50. The molecule has 1 saturated heterocycles. The molecule has 1 aromatic heterocycles. The molecule has 0 radical (unpaired) electrons. The monoisotopic (exact) mass is 435 g/mol.